The van der Waals surface area contributed by atoms with Crippen LogP contribution in [0.4, 0.5) is 29.1 Å². The van der Waals surface area contributed by atoms with Crippen molar-refractivity contribution in [3.05, 3.63) is 53.0 Å². The van der Waals surface area contributed by atoms with E-state index < -0.39 is 34.9 Å². The van der Waals surface area contributed by atoms with Crippen molar-refractivity contribution in [1.29, 1.82) is 0 Å². The second-order valence-electron chi connectivity index (χ2n) is 7.36. The summed E-state index contributed by atoms with van der Waals surface area (Å²) < 4.78 is 52.6. The second kappa shape index (κ2) is 9.32. The maximum absolute atomic E-state index is 13.7. The van der Waals surface area contributed by atoms with E-state index in [9.17, 15) is 27.2 Å². The number of alkyl halides is 3. The lowest BCUT2D eigenvalue weighted by Crippen LogP contribution is -2.25. The average molecular weight is 438 g/mol. The molecule has 1 fully saturated rings. The van der Waals surface area contributed by atoms with Crippen molar-refractivity contribution in [2.45, 2.75) is 44.3 Å². The molecule has 1 aliphatic rings. The third-order valence-corrected chi connectivity index (χ3v) is 5.06. The van der Waals surface area contributed by atoms with Crippen LogP contribution in [0.25, 0.3) is 0 Å². The number of aromatic nitrogens is 1. The van der Waals surface area contributed by atoms with Gasteiger partial charge < -0.3 is 16.0 Å². The minimum Gasteiger partial charge on any atom is -0.366 e. The summed E-state index contributed by atoms with van der Waals surface area (Å²) in [6.45, 7) is 0. The maximum atomic E-state index is 13.7. The Hall–Kier alpha value is -3.17. The summed E-state index contributed by atoms with van der Waals surface area (Å²) in [6, 6.07) is 3.10. The number of amides is 2. The first-order chi connectivity index (χ1) is 14.7. The minimum absolute atomic E-state index is 0.119. The summed E-state index contributed by atoms with van der Waals surface area (Å²) in [5.74, 6) is -2.29. The number of hydrogen-bond acceptors (Lipinski definition) is 4. The van der Waals surface area contributed by atoms with Crippen molar-refractivity contribution < 1.29 is 27.2 Å². The first kappa shape index (κ1) is 22.5. The highest BCUT2D eigenvalue weighted by atomic mass is 19.4. The van der Waals surface area contributed by atoms with E-state index in [4.69, 9.17) is 0 Å². The number of halogens is 4. The summed E-state index contributed by atoms with van der Waals surface area (Å²) in [6.07, 6.45) is 1.57. The molecule has 0 unspecified atom stereocenters. The highest BCUT2D eigenvalue weighted by Crippen LogP contribution is 2.31. The fourth-order valence-corrected chi connectivity index (χ4v) is 3.46. The Bertz CT molecular complexity index is 972. The van der Waals surface area contributed by atoms with Gasteiger partial charge in [0.2, 0.25) is 0 Å². The van der Waals surface area contributed by atoms with Crippen LogP contribution >= 0.6 is 0 Å². The Labute approximate surface area is 176 Å². The zero-order chi connectivity index (χ0) is 22.6. The van der Waals surface area contributed by atoms with Crippen LogP contribution < -0.4 is 16.0 Å². The minimum atomic E-state index is -4.80. The van der Waals surface area contributed by atoms with E-state index in [0.717, 1.165) is 38.2 Å². The molecule has 1 aliphatic carbocycles. The molecule has 2 amide bonds. The van der Waals surface area contributed by atoms with Gasteiger partial charge in [0, 0.05) is 24.8 Å². The number of nitrogens with zero attached hydrogens (tertiary/aromatic N) is 1. The number of nitrogens with one attached hydrogen (secondary N) is 3. The number of carbonyl (C=O) groups excluding carboxylic acids is 2. The molecule has 2 aromatic rings. The summed E-state index contributed by atoms with van der Waals surface area (Å²) in [4.78, 5) is 28.8. The molecule has 0 bridgehead atoms. The molecule has 31 heavy (non-hydrogen) atoms. The van der Waals surface area contributed by atoms with Gasteiger partial charge in [0.1, 0.15) is 11.6 Å². The largest absolute Gasteiger partial charge is 0.416 e. The summed E-state index contributed by atoms with van der Waals surface area (Å²) >= 11 is 0. The fraction of sp³-hybridized carbons (Fsp3) is 0.381. The van der Waals surface area contributed by atoms with Gasteiger partial charge >= 0.3 is 6.18 Å². The molecule has 0 spiro atoms. The van der Waals surface area contributed by atoms with E-state index in [1.54, 1.807) is 0 Å². The fourth-order valence-electron chi connectivity index (χ4n) is 3.46. The highest BCUT2D eigenvalue weighted by Gasteiger charge is 2.32. The molecule has 0 saturated heterocycles. The predicted molar refractivity (Wildman–Crippen MR) is 107 cm³/mol. The van der Waals surface area contributed by atoms with E-state index >= 15 is 0 Å². The van der Waals surface area contributed by atoms with E-state index in [2.05, 4.69) is 20.9 Å². The molecule has 3 N–H and O–H groups in total. The molecule has 3 rings (SSSR count). The molecule has 166 valence electrons. The van der Waals surface area contributed by atoms with Crippen molar-refractivity contribution in [2.24, 2.45) is 0 Å². The van der Waals surface area contributed by atoms with Crippen molar-refractivity contribution >= 4 is 23.3 Å². The lowest BCUT2D eigenvalue weighted by molar-refractivity contribution is -0.137. The molecule has 1 aromatic carbocycles. The molecule has 10 heteroatoms. The van der Waals surface area contributed by atoms with E-state index in [-0.39, 0.29) is 17.3 Å². The monoisotopic (exact) mass is 438 g/mol. The van der Waals surface area contributed by atoms with Crippen LogP contribution in [-0.2, 0) is 6.18 Å². The molecule has 0 aliphatic heterocycles. The topological polar surface area (TPSA) is 83.1 Å². The Morgan fingerprint density at radius 1 is 1.00 bits per heavy atom. The average Bonchev–Trinajstić information content (AvgIpc) is 2.74. The normalized spacial score (nSPS) is 14.7. The Balaban J connectivity index is 1.91. The number of rotatable bonds is 5. The second-order valence-corrected chi connectivity index (χ2v) is 7.36. The Morgan fingerprint density at radius 2 is 1.71 bits per heavy atom. The number of carbonyl (C=O) groups is 2. The number of hydrogen-bond donors (Lipinski definition) is 3. The van der Waals surface area contributed by atoms with Crippen LogP contribution in [0.5, 0.6) is 0 Å². The summed E-state index contributed by atoms with van der Waals surface area (Å²) in [7, 11) is 1.43. The Morgan fingerprint density at radius 3 is 2.35 bits per heavy atom. The van der Waals surface area contributed by atoms with Crippen molar-refractivity contribution in [2.75, 3.05) is 17.7 Å². The first-order valence-electron chi connectivity index (χ1n) is 9.85. The van der Waals surface area contributed by atoms with Gasteiger partial charge in [-0.05, 0) is 37.1 Å². The molecule has 0 atom stereocenters. The van der Waals surface area contributed by atoms with Crippen molar-refractivity contribution in [3.63, 3.8) is 0 Å². The van der Waals surface area contributed by atoms with Crippen LogP contribution in [-0.4, -0.2) is 29.9 Å². The van der Waals surface area contributed by atoms with Crippen LogP contribution in [0.2, 0.25) is 0 Å². The smallest absolute Gasteiger partial charge is 0.366 e. The molecule has 6 nitrogen and oxygen atoms in total. The third kappa shape index (κ3) is 5.71. The molecule has 0 radical (unpaired) electrons. The van der Waals surface area contributed by atoms with Gasteiger partial charge in [0.05, 0.1) is 16.8 Å². The predicted octanol–water partition coefficient (Wildman–Crippen LogP) is 4.60. The lowest BCUT2D eigenvalue weighted by atomic mass is 9.95. The summed E-state index contributed by atoms with van der Waals surface area (Å²) in [5.41, 5.74) is -1.49. The van der Waals surface area contributed by atoms with E-state index in [1.165, 1.54) is 19.3 Å². The van der Waals surface area contributed by atoms with Crippen LogP contribution in [0.3, 0.4) is 0 Å². The maximum Gasteiger partial charge on any atom is 0.416 e. The zero-order valence-corrected chi connectivity index (χ0v) is 16.8. The lowest BCUT2D eigenvalue weighted by Gasteiger charge is -2.24. The quantitative estimate of drug-likeness (QED) is 0.596. The molecular formula is C21H22F4N4O2. The van der Waals surface area contributed by atoms with Gasteiger partial charge in [-0.2, -0.15) is 13.2 Å². The van der Waals surface area contributed by atoms with Crippen LogP contribution in [0.1, 0.15) is 58.4 Å². The third-order valence-electron chi connectivity index (χ3n) is 5.06. The molecular weight excluding hydrogens is 416 g/mol. The van der Waals surface area contributed by atoms with E-state index in [1.807, 2.05) is 0 Å². The number of pyridine rings is 1. The molecule has 1 heterocycles. The van der Waals surface area contributed by atoms with Gasteiger partial charge in [0.15, 0.2) is 0 Å². The van der Waals surface area contributed by atoms with Gasteiger partial charge in [-0.25, -0.2) is 9.37 Å². The molecule has 1 aromatic heterocycles. The van der Waals surface area contributed by atoms with Gasteiger partial charge in [-0.15, -0.1) is 0 Å². The van der Waals surface area contributed by atoms with Gasteiger partial charge in [-0.3, -0.25) is 9.59 Å². The van der Waals surface area contributed by atoms with Gasteiger partial charge in [0.25, 0.3) is 11.8 Å². The van der Waals surface area contributed by atoms with Crippen LogP contribution in [0, 0.1) is 5.82 Å². The Kier molecular flexibility index (Phi) is 6.77. The zero-order valence-electron chi connectivity index (χ0n) is 16.8. The number of anilines is 2. The first-order valence-corrected chi connectivity index (χ1v) is 9.85. The highest BCUT2D eigenvalue weighted by molar-refractivity contribution is 6.06. The number of benzene rings is 1. The summed E-state index contributed by atoms with van der Waals surface area (Å²) in [5, 5.41) is 8.13. The van der Waals surface area contributed by atoms with E-state index in [0.29, 0.717) is 18.0 Å². The molecule has 1 saturated carbocycles. The van der Waals surface area contributed by atoms with Crippen LogP contribution in [0.15, 0.2) is 30.5 Å². The SMILES string of the molecule is CNC(=O)c1cnc(NC2CCCCC2)c(NC(=O)c2cc(F)cc(C(F)(F)F)c2)c1. The van der Waals surface area contributed by atoms with Crippen molar-refractivity contribution in [1.82, 2.24) is 10.3 Å². The van der Waals surface area contributed by atoms with Gasteiger partial charge in [-0.1, -0.05) is 19.3 Å². The van der Waals surface area contributed by atoms with Crippen molar-refractivity contribution in [3.8, 4) is 0 Å². The standard InChI is InChI=1S/C21H22F4N4O2/c1-26-19(30)13-9-17(18(27-11-13)28-16-5-3-2-4-6-16)29-20(31)12-7-14(21(23,24)25)10-15(22)8-12/h7-11,16H,2-6H2,1H3,(H,26,30)(H,27,28)(H,29,31).